The third kappa shape index (κ3) is 2.25. The zero-order chi connectivity index (χ0) is 11.0. The number of nitrogens with zero attached hydrogens (tertiary/aromatic N) is 1. The molecule has 1 aromatic carbocycles. The standard InChI is InChI=1S/C13H16BrNO/c14-12-3-1-2-4-13(12)16-11-7-8-15(9-11)10-5-6-10/h1-4,10-11H,5-9H2. The highest BCUT2D eigenvalue weighted by molar-refractivity contribution is 9.10. The molecule has 2 nitrogen and oxygen atoms in total. The van der Waals surface area contributed by atoms with Gasteiger partial charge in [-0.1, -0.05) is 12.1 Å². The Morgan fingerprint density at radius 2 is 2.00 bits per heavy atom. The van der Waals surface area contributed by atoms with E-state index in [1.807, 2.05) is 24.3 Å². The zero-order valence-corrected chi connectivity index (χ0v) is 10.8. The van der Waals surface area contributed by atoms with E-state index in [9.17, 15) is 0 Å². The predicted octanol–water partition coefficient (Wildman–Crippen LogP) is 3.06. The summed E-state index contributed by atoms with van der Waals surface area (Å²) in [5.41, 5.74) is 0. The second-order valence-electron chi connectivity index (χ2n) is 4.69. The average Bonchev–Trinajstić information content (AvgIpc) is 3.03. The fourth-order valence-corrected chi connectivity index (χ4v) is 2.72. The van der Waals surface area contributed by atoms with Gasteiger partial charge in [-0.15, -0.1) is 0 Å². The zero-order valence-electron chi connectivity index (χ0n) is 9.23. The maximum atomic E-state index is 6.03. The van der Waals surface area contributed by atoms with Crippen molar-refractivity contribution in [2.24, 2.45) is 0 Å². The van der Waals surface area contributed by atoms with Gasteiger partial charge in [-0.25, -0.2) is 0 Å². The number of rotatable bonds is 3. The second-order valence-corrected chi connectivity index (χ2v) is 5.54. The molecule has 0 aromatic heterocycles. The van der Waals surface area contributed by atoms with Gasteiger partial charge in [-0.3, -0.25) is 4.90 Å². The number of likely N-dealkylation sites (tertiary alicyclic amines) is 1. The van der Waals surface area contributed by atoms with Crippen molar-refractivity contribution < 1.29 is 4.74 Å². The summed E-state index contributed by atoms with van der Waals surface area (Å²) in [5, 5.41) is 0. The molecule has 86 valence electrons. The number of hydrogen-bond acceptors (Lipinski definition) is 2. The van der Waals surface area contributed by atoms with Crippen LogP contribution < -0.4 is 4.74 Å². The fourth-order valence-electron chi connectivity index (χ4n) is 2.34. The van der Waals surface area contributed by atoms with Crippen molar-refractivity contribution in [1.29, 1.82) is 0 Å². The first kappa shape index (κ1) is 10.6. The van der Waals surface area contributed by atoms with Crippen LogP contribution in [-0.4, -0.2) is 30.1 Å². The Bertz CT molecular complexity index is 378. The van der Waals surface area contributed by atoms with Crippen LogP contribution in [0.3, 0.4) is 0 Å². The summed E-state index contributed by atoms with van der Waals surface area (Å²) in [6.45, 7) is 2.31. The van der Waals surface area contributed by atoms with Gasteiger partial charge in [0.1, 0.15) is 11.9 Å². The number of benzene rings is 1. The molecule has 2 aliphatic rings. The van der Waals surface area contributed by atoms with Gasteiger partial charge in [0.2, 0.25) is 0 Å². The fraction of sp³-hybridized carbons (Fsp3) is 0.538. The summed E-state index contributed by atoms with van der Waals surface area (Å²) in [6, 6.07) is 8.97. The van der Waals surface area contributed by atoms with E-state index in [4.69, 9.17) is 4.74 Å². The minimum atomic E-state index is 0.374. The van der Waals surface area contributed by atoms with Gasteiger partial charge < -0.3 is 4.74 Å². The number of halogens is 1. The van der Waals surface area contributed by atoms with Gasteiger partial charge in [0.15, 0.2) is 0 Å². The Hall–Kier alpha value is -0.540. The van der Waals surface area contributed by atoms with Crippen LogP contribution in [0.15, 0.2) is 28.7 Å². The highest BCUT2D eigenvalue weighted by Crippen LogP contribution is 2.32. The molecule has 0 amide bonds. The van der Waals surface area contributed by atoms with Crippen LogP contribution >= 0.6 is 15.9 Å². The van der Waals surface area contributed by atoms with Crippen molar-refractivity contribution in [2.75, 3.05) is 13.1 Å². The first-order valence-electron chi connectivity index (χ1n) is 5.98. The molecule has 1 heterocycles. The van der Waals surface area contributed by atoms with E-state index >= 15 is 0 Å². The SMILES string of the molecule is Brc1ccccc1OC1CCN(C2CC2)C1. The topological polar surface area (TPSA) is 12.5 Å². The van der Waals surface area contributed by atoms with E-state index in [2.05, 4.69) is 20.8 Å². The lowest BCUT2D eigenvalue weighted by atomic mass is 10.3. The first-order valence-corrected chi connectivity index (χ1v) is 6.77. The summed E-state index contributed by atoms with van der Waals surface area (Å²) in [7, 11) is 0. The largest absolute Gasteiger partial charge is 0.488 e. The van der Waals surface area contributed by atoms with Gasteiger partial charge in [0, 0.05) is 19.1 Å². The normalized spacial score (nSPS) is 25.9. The molecule has 0 bridgehead atoms. The van der Waals surface area contributed by atoms with E-state index in [0.29, 0.717) is 6.10 Å². The monoisotopic (exact) mass is 281 g/mol. The quantitative estimate of drug-likeness (QED) is 0.844. The van der Waals surface area contributed by atoms with Crippen LogP contribution in [0.1, 0.15) is 19.3 Å². The van der Waals surface area contributed by atoms with E-state index in [-0.39, 0.29) is 0 Å². The number of hydrogen-bond donors (Lipinski definition) is 0. The molecule has 1 unspecified atom stereocenters. The third-order valence-electron chi connectivity index (χ3n) is 3.37. The molecule has 2 fully saturated rings. The molecule has 1 saturated carbocycles. The molecule has 0 spiro atoms. The van der Waals surface area contributed by atoms with Crippen molar-refractivity contribution in [2.45, 2.75) is 31.4 Å². The van der Waals surface area contributed by atoms with Crippen molar-refractivity contribution in [3.05, 3.63) is 28.7 Å². The van der Waals surface area contributed by atoms with Gasteiger partial charge in [-0.05, 0) is 47.3 Å². The maximum Gasteiger partial charge on any atom is 0.133 e. The summed E-state index contributed by atoms with van der Waals surface area (Å²) in [5.74, 6) is 0.977. The molecule has 1 aromatic rings. The van der Waals surface area contributed by atoms with Gasteiger partial charge in [0.25, 0.3) is 0 Å². The Balaban J connectivity index is 1.61. The molecule has 1 aliphatic carbocycles. The molecule has 0 radical (unpaired) electrons. The molecule has 3 rings (SSSR count). The molecular formula is C13H16BrNO. The van der Waals surface area contributed by atoms with Gasteiger partial charge in [-0.2, -0.15) is 0 Å². The molecule has 3 heteroatoms. The van der Waals surface area contributed by atoms with Gasteiger partial charge in [0.05, 0.1) is 4.47 Å². The van der Waals surface area contributed by atoms with Crippen LogP contribution in [0, 0.1) is 0 Å². The highest BCUT2D eigenvalue weighted by Gasteiger charge is 2.35. The summed E-state index contributed by atoms with van der Waals surface area (Å²) in [4.78, 5) is 2.57. The van der Waals surface area contributed by atoms with E-state index in [0.717, 1.165) is 29.2 Å². The maximum absolute atomic E-state index is 6.03. The van der Waals surface area contributed by atoms with Crippen molar-refractivity contribution >= 4 is 15.9 Å². The second kappa shape index (κ2) is 4.38. The van der Waals surface area contributed by atoms with Crippen molar-refractivity contribution in [3.63, 3.8) is 0 Å². The average molecular weight is 282 g/mol. The lowest BCUT2D eigenvalue weighted by Crippen LogP contribution is -2.26. The van der Waals surface area contributed by atoms with Crippen LogP contribution in [0.5, 0.6) is 5.75 Å². The Kier molecular flexibility index (Phi) is 2.90. The summed E-state index contributed by atoms with van der Waals surface area (Å²) < 4.78 is 7.08. The molecule has 1 aliphatic heterocycles. The van der Waals surface area contributed by atoms with Crippen LogP contribution in [0.4, 0.5) is 0 Å². The van der Waals surface area contributed by atoms with Crippen molar-refractivity contribution in [3.8, 4) is 5.75 Å². The Morgan fingerprint density at radius 3 is 2.75 bits per heavy atom. The molecular weight excluding hydrogens is 266 g/mol. The molecule has 16 heavy (non-hydrogen) atoms. The number of ether oxygens (including phenoxy) is 1. The third-order valence-corrected chi connectivity index (χ3v) is 4.03. The van der Waals surface area contributed by atoms with E-state index in [1.165, 1.54) is 19.4 Å². The molecule has 0 N–H and O–H groups in total. The van der Waals surface area contributed by atoms with Crippen LogP contribution in [-0.2, 0) is 0 Å². The van der Waals surface area contributed by atoms with Gasteiger partial charge >= 0.3 is 0 Å². The summed E-state index contributed by atoms with van der Waals surface area (Å²) in [6.07, 6.45) is 4.32. The van der Waals surface area contributed by atoms with Crippen molar-refractivity contribution in [1.82, 2.24) is 4.90 Å². The lowest BCUT2D eigenvalue weighted by molar-refractivity contribution is 0.197. The molecule has 1 saturated heterocycles. The Labute approximate surface area is 105 Å². The number of para-hydroxylation sites is 1. The smallest absolute Gasteiger partial charge is 0.133 e. The Morgan fingerprint density at radius 1 is 1.19 bits per heavy atom. The molecule has 1 atom stereocenters. The van der Waals surface area contributed by atoms with E-state index < -0.39 is 0 Å². The minimum absolute atomic E-state index is 0.374. The first-order chi connectivity index (χ1) is 7.83. The summed E-state index contributed by atoms with van der Waals surface area (Å²) >= 11 is 3.52. The predicted molar refractivity (Wildman–Crippen MR) is 67.8 cm³/mol. The van der Waals surface area contributed by atoms with Crippen LogP contribution in [0.25, 0.3) is 0 Å². The minimum Gasteiger partial charge on any atom is -0.488 e. The van der Waals surface area contributed by atoms with Crippen LogP contribution in [0.2, 0.25) is 0 Å². The lowest BCUT2D eigenvalue weighted by Gasteiger charge is -2.16. The highest BCUT2D eigenvalue weighted by atomic mass is 79.9. The van der Waals surface area contributed by atoms with E-state index in [1.54, 1.807) is 0 Å².